The summed E-state index contributed by atoms with van der Waals surface area (Å²) in [5.74, 6) is -5.70. The third-order valence-electron chi connectivity index (χ3n) is 10.0. The maximum atomic E-state index is 13.3. The van der Waals surface area contributed by atoms with Gasteiger partial charge in [0.1, 0.15) is 11.6 Å². The van der Waals surface area contributed by atoms with E-state index in [4.69, 9.17) is 14.9 Å². The fourth-order valence-electron chi connectivity index (χ4n) is 7.98. The van der Waals surface area contributed by atoms with Crippen LogP contribution in [-0.2, 0) is 33.5 Å². The predicted molar refractivity (Wildman–Crippen MR) is 140 cm³/mol. The molecular weight excluding hydrogens is 538 g/mol. The van der Waals surface area contributed by atoms with Crippen molar-refractivity contribution in [3.8, 4) is 0 Å². The summed E-state index contributed by atoms with van der Waals surface area (Å²) in [7, 11) is 0. The average molecular weight is 576 g/mol. The highest BCUT2D eigenvalue weighted by Crippen LogP contribution is 2.67. The molecule has 0 aromatic heterocycles. The molecule has 0 bridgehead atoms. The minimum absolute atomic E-state index is 0.0161. The molecule has 8 atom stereocenters. The summed E-state index contributed by atoms with van der Waals surface area (Å²) in [5, 5.41) is 42.9. The van der Waals surface area contributed by atoms with Crippen molar-refractivity contribution in [2.45, 2.75) is 83.0 Å². The van der Waals surface area contributed by atoms with Gasteiger partial charge in [-0.1, -0.05) is 25.5 Å². The Morgan fingerprint density at radius 2 is 1.83 bits per heavy atom. The number of hydrogen-bond acceptors (Lipinski definition) is 9. The van der Waals surface area contributed by atoms with Gasteiger partial charge in [-0.15, -0.1) is 0 Å². The summed E-state index contributed by atoms with van der Waals surface area (Å²) in [6, 6.07) is -1.65. The first-order chi connectivity index (χ1) is 19.1. The van der Waals surface area contributed by atoms with Crippen LogP contribution in [0.4, 0.5) is 0 Å². The Kier molecular flexibility index (Phi) is 8.30. The van der Waals surface area contributed by atoms with Crippen molar-refractivity contribution < 1.29 is 53.9 Å². The van der Waals surface area contributed by atoms with E-state index < -0.39 is 84.0 Å². The van der Waals surface area contributed by atoms with E-state index in [1.165, 1.54) is 0 Å². The smallest absolute Gasteiger partial charge is 0.326 e. The number of aliphatic hydroxyl groups is 2. The Hall–Kier alpha value is -3.38. The second-order valence-electron chi connectivity index (χ2n) is 12.3. The van der Waals surface area contributed by atoms with Crippen LogP contribution < -0.4 is 5.32 Å². The van der Waals surface area contributed by atoms with Crippen molar-refractivity contribution in [2.75, 3.05) is 6.61 Å². The average Bonchev–Trinajstić information content (AvgIpc) is 3.16. The van der Waals surface area contributed by atoms with Crippen LogP contribution in [0.5, 0.6) is 0 Å². The molecular formula is C29H37NO11. The summed E-state index contributed by atoms with van der Waals surface area (Å²) >= 11 is 0. The number of Topliss-reactive ketones (excluding diaryl/α,β-unsaturated/α-hetero) is 1. The lowest BCUT2D eigenvalue weighted by Gasteiger charge is -2.59. The highest BCUT2D eigenvalue weighted by atomic mass is 16.5. The Morgan fingerprint density at radius 3 is 2.49 bits per heavy atom. The van der Waals surface area contributed by atoms with Crippen molar-refractivity contribution in [2.24, 2.45) is 28.6 Å². The van der Waals surface area contributed by atoms with Gasteiger partial charge in [0.2, 0.25) is 11.7 Å². The summed E-state index contributed by atoms with van der Waals surface area (Å²) in [4.78, 5) is 71.4. The Balaban J connectivity index is 1.37. The number of ether oxygens (including phenoxy) is 1. The number of nitrogens with one attached hydrogen (secondary N) is 1. The molecule has 0 radical (unpaired) electrons. The molecule has 0 aliphatic heterocycles. The molecule has 4 aliphatic carbocycles. The molecule has 4 rings (SSSR count). The van der Waals surface area contributed by atoms with Crippen LogP contribution in [0, 0.1) is 28.6 Å². The van der Waals surface area contributed by atoms with Gasteiger partial charge in [0.05, 0.1) is 18.9 Å². The first kappa shape index (κ1) is 30.6. The maximum absolute atomic E-state index is 13.3. The van der Waals surface area contributed by atoms with E-state index in [0.29, 0.717) is 12.8 Å². The number of carbonyl (C=O) groups is 6. The van der Waals surface area contributed by atoms with Crippen LogP contribution in [0.3, 0.4) is 0 Å². The molecule has 12 heteroatoms. The maximum Gasteiger partial charge on any atom is 0.326 e. The first-order valence-electron chi connectivity index (χ1n) is 13.9. The van der Waals surface area contributed by atoms with E-state index in [0.717, 1.165) is 12.0 Å². The van der Waals surface area contributed by atoms with Gasteiger partial charge >= 0.3 is 17.9 Å². The van der Waals surface area contributed by atoms with Crippen LogP contribution in [0.25, 0.3) is 0 Å². The molecule has 3 fully saturated rings. The minimum atomic E-state index is -1.83. The number of aliphatic carboxylic acids is 2. The number of rotatable bonds is 10. The van der Waals surface area contributed by atoms with Crippen molar-refractivity contribution in [1.29, 1.82) is 0 Å². The number of hydrogen-bond donors (Lipinski definition) is 5. The highest BCUT2D eigenvalue weighted by Gasteiger charge is 2.68. The van der Waals surface area contributed by atoms with Crippen molar-refractivity contribution in [3.05, 3.63) is 23.8 Å². The molecule has 5 N–H and O–H groups in total. The third kappa shape index (κ3) is 5.46. The molecule has 0 aromatic rings. The van der Waals surface area contributed by atoms with Gasteiger partial charge in [0.25, 0.3) is 0 Å². The lowest BCUT2D eigenvalue weighted by atomic mass is 9.46. The topological polar surface area (TPSA) is 205 Å². The zero-order valence-electron chi connectivity index (χ0n) is 23.1. The highest BCUT2D eigenvalue weighted by molar-refractivity contribution is 6.01. The van der Waals surface area contributed by atoms with Crippen molar-refractivity contribution >= 4 is 35.4 Å². The molecule has 4 aliphatic rings. The van der Waals surface area contributed by atoms with Gasteiger partial charge in [-0.3, -0.25) is 24.0 Å². The van der Waals surface area contributed by atoms with Gasteiger partial charge < -0.3 is 30.5 Å². The molecule has 0 heterocycles. The van der Waals surface area contributed by atoms with Crippen LogP contribution >= 0.6 is 0 Å². The van der Waals surface area contributed by atoms with E-state index >= 15 is 0 Å². The SMILES string of the molecule is C[C@]12C=CC(=O)C=C1CC[C@@H]1[C@@H]2[C@@H](O)C[C@@]2(C)[C@H]1CC[C@]2(O)C(=O)COC(=O)CCC(=O)N[C@H](CC(=O)O)C(=O)O. The number of allylic oxidation sites excluding steroid dienone is 4. The Morgan fingerprint density at radius 1 is 1.12 bits per heavy atom. The monoisotopic (exact) mass is 575 g/mol. The molecule has 12 nitrogen and oxygen atoms in total. The molecule has 224 valence electrons. The second-order valence-corrected chi connectivity index (χ2v) is 12.3. The van der Waals surface area contributed by atoms with Gasteiger partial charge in [0.15, 0.2) is 12.4 Å². The van der Waals surface area contributed by atoms with Crippen molar-refractivity contribution in [3.63, 3.8) is 0 Å². The summed E-state index contributed by atoms with van der Waals surface area (Å²) in [5.41, 5.74) is -2.28. The molecule has 3 saturated carbocycles. The number of carboxylic acids is 2. The van der Waals surface area contributed by atoms with E-state index in [2.05, 4.69) is 0 Å². The van der Waals surface area contributed by atoms with Crippen LogP contribution in [0.15, 0.2) is 23.8 Å². The third-order valence-corrected chi connectivity index (χ3v) is 10.0. The molecule has 41 heavy (non-hydrogen) atoms. The summed E-state index contributed by atoms with van der Waals surface area (Å²) in [6.45, 7) is 3.11. The van der Waals surface area contributed by atoms with Gasteiger partial charge in [0, 0.05) is 23.2 Å². The minimum Gasteiger partial charge on any atom is -0.481 e. The lowest BCUT2D eigenvalue weighted by Crippen LogP contribution is -2.61. The number of ketones is 2. The van der Waals surface area contributed by atoms with Crippen LogP contribution in [-0.4, -0.2) is 80.2 Å². The van der Waals surface area contributed by atoms with Crippen molar-refractivity contribution in [1.82, 2.24) is 5.32 Å². The largest absolute Gasteiger partial charge is 0.481 e. The number of aliphatic hydroxyl groups excluding tert-OH is 1. The number of carboxylic acid groups (broad SMARTS) is 2. The van der Waals surface area contributed by atoms with E-state index in [-0.39, 0.29) is 36.4 Å². The normalized spacial score (nSPS) is 36.2. The Bertz CT molecular complexity index is 1220. The van der Waals surface area contributed by atoms with Gasteiger partial charge in [-0.2, -0.15) is 0 Å². The number of esters is 1. The lowest BCUT2D eigenvalue weighted by molar-refractivity contribution is -0.181. The number of fused-ring (bicyclic) bond motifs is 5. The fourth-order valence-corrected chi connectivity index (χ4v) is 7.98. The quantitative estimate of drug-likeness (QED) is 0.232. The zero-order valence-corrected chi connectivity index (χ0v) is 23.1. The standard InChI is InChI=1S/C29H37NO11/c1-27-9-7-16(31)11-15(27)3-4-17-18-8-10-29(40,28(18,2)13-20(32)25(17)27)21(33)14-41-24(37)6-5-22(34)30-19(26(38)39)12-23(35)36/h7,9,11,17-20,25,32,40H,3-6,8,10,12-14H2,1-2H3,(H,30,34)(H,35,36)(H,38,39)/t17-,18-,19+,20-,25+,27-,28-,29-/m0/s1. The molecule has 1 amide bonds. The van der Waals surface area contributed by atoms with E-state index in [1.807, 2.05) is 18.3 Å². The van der Waals surface area contributed by atoms with Crippen LogP contribution in [0.2, 0.25) is 0 Å². The second kappa shape index (κ2) is 11.1. The zero-order chi connectivity index (χ0) is 30.3. The predicted octanol–water partition coefficient (Wildman–Crippen LogP) is 0.933. The molecule has 0 aromatic carbocycles. The Labute approximate surface area is 236 Å². The summed E-state index contributed by atoms with van der Waals surface area (Å²) in [6.07, 6.45) is 4.74. The van der Waals surface area contributed by atoms with E-state index in [1.54, 1.807) is 19.1 Å². The molecule has 0 saturated heterocycles. The van der Waals surface area contributed by atoms with Gasteiger partial charge in [-0.05, 0) is 56.1 Å². The fraction of sp³-hybridized carbons (Fsp3) is 0.655. The van der Waals surface area contributed by atoms with Gasteiger partial charge in [-0.25, -0.2) is 4.79 Å². The van der Waals surface area contributed by atoms with E-state index in [9.17, 15) is 39.0 Å². The number of amides is 1. The molecule has 0 spiro atoms. The summed E-state index contributed by atoms with van der Waals surface area (Å²) < 4.78 is 5.05. The molecule has 0 unspecified atom stereocenters. The van der Waals surface area contributed by atoms with Crippen LogP contribution in [0.1, 0.15) is 65.2 Å². The number of carbonyl (C=O) groups excluding carboxylic acids is 4. The first-order valence-corrected chi connectivity index (χ1v) is 13.9.